The minimum Gasteiger partial charge on any atom is -0.258 e. The van der Waals surface area contributed by atoms with Crippen molar-refractivity contribution in [3.8, 4) is 0 Å². The molecule has 0 bridgehead atoms. The van der Waals surface area contributed by atoms with E-state index in [1.807, 2.05) is 25.1 Å². The number of aryl methyl sites for hydroxylation is 1. The fraction of sp³-hybridized carbons (Fsp3) is 0.263. The molecular weight excluding hydrogens is 352 g/mol. The summed E-state index contributed by atoms with van der Waals surface area (Å²) >= 11 is 0. The van der Waals surface area contributed by atoms with Crippen LogP contribution in [0.15, 0.2) is 53.4 Å². The molecule has 4 rings (SSSR count). The van der Waals surface area contributed by atoms with Gasteiger partial charge < -0.3 is 0 Å². The Labute approximate surface area is 152 Å². The maximum Gasteiger partial charge on any atom is 0.289 e. The summed E-state index contributed by atoms with van der Waals surface area (Å²) in [5.74, 6) is 0. The summed E-state index contributed by atoms with van der Waals surface area (Å²) in [5.41, 5.74) is 3.02. The van der Waals surface area contributed by atoms with E-state index in [0.29, 0.717) is 12.1 Å². The molecule has 0 spiro atoms. The standard InChI is InChI=1S/C19H18N2O4S/c1-13-7-6-9-15-14-8-2-3-10-16(14)20(19(13)15)26(24,25)18-12-5-4-11-17(18)21(22)23/h4-9,11-12,16H,2-3,10H2,1H3. The van der Waals surface area contributed by atoms with Crippen LogP contribution in [0.3, 0.4) is 0 Å². The molecule has 2 aromatic rings. The Morgan fingerprint density at radius 2 is 1.92 bits per heavy atom. The zero-order valence-corrected chi connectivity index (χ0v) is 15.1. The van der Waals surface area contributed by atoms with Crippen LogP contribution in [0.4, 0.5) is 11.4 Å². The average Bonchev–Trinajstić information content (AvgIpc) is 2.98. The summed E-state index contributed by atoms with van der Waals surface area (Å²) in [6, 6.07) is 11.0. The Hall–Kier alpha value is -2.67. The highest BCUT2D eigenvalue weighted by molar-refractivity contribution is 7.93. The molecule has 2 aromatic carbocycles. The molecule has 134 valence electrons. The van der Waals surface area contributed by atoms with E-state index < -0.39 is 20.6 Å². The molecule has 0 saturated carbocycles. The van der Waals surface area contributed by atoms with Crippen molar-refractivity contribution in [2.75, 3.05) is 4.31 Å². The first-order chi connectivity index (χ1) is 12.4. The monoisotopic (exact) mass is 370 g/mol. The maximum atomic E-state index is 13.5. The van der Waals surface area contributed by atoms with Gasteiger partial charge in [-0.15, -0.1) is 0 Å². The number of rotatable bonds is 3. The molecule has 1 aliphatic heterocycles. The highest BCUT2D eigenvalue weighted by Crippen LogP contribution is 2.49. The zero-order chi connectivity index (χ0) is 18.5. The Morgan fingerprint density at radius 1 is 1.15 bits per heavy atom. The van der Waals surface area contributed by atoms with E-state index in [1.54, 1.807) is 0 Å². The van der Waals surface area contributed by atoms with E-state index in [-0.39, 0.29) is 10.9 Å². The van der Waals surface area contributed by atoms with Gasteiger partial charge in [0.2, 0.25) is 0 Å². The van der Waals surface area contributed by atoms with Gasteiger partial charge >= 0.3 is 0 Å². The van der Waals surface area contributed by atoms with Gasteiger partial charge in [-0.05, 0) is 43.4 Å². The molecule has 0 N–H and O–H groups in total. The summed E-state index contributed by atoms with van der Waals surface area (Å²) < 4.78 is 28.5. The smallest absolute Gasteiger partial charge is 0.258 e. The van der Waals surface area contributed by atoms with Crippen LogP contribution in [0.5, 0.6) is 0 Å². The van der Waals surface area contributed by atoms with Gasteiger partial charge in [-0.25, -0.2) is 8.42 Å². The van der Waals surface area contributed by atoms with Gasteiger partial charge in [0.25, 0.3) is 15.7 Å². The van der Waals surface area contributed by atoms with Crippen LogP contribution in [-0.4, -0.2) is 19.4 Å². The first-order valence-corrected chi connectivity index (χ1v) is 9.95. The number of nitrogens with zero attached hydrogens (tertiary/aromatic N) is 2. The Balaban J connectivity index is 1.97. The third kappa shape index (κ3) is 2.34. The number of nitro groups is 1. The van der Waals surface area contributed by atoms with Gasteiger partial charge in [-0.3, -0.25) is 14.4 Å². The van der Waals surface area contributed by atoms with Crippen molar-refractivity contribution < 1.29 is 13.3 Å². The van der Waals surface area contributed by atoms with E-state index in [2.05, 4.69) is 6.08 Å². The lowest BCUT2D eigenvalue weighted by atomic mass is 9.92. The Kier molecular flexibility index (Phi) is 3.84. The largest absolute Gasteiger partial charge is 0.289 e. The van der Waals surface area contributed by atoms with Gasteiger partial charge in [0, 0.05) is 11.6 Å². The highest BCUT2D eigenvalue weighted by atomic mass is 32.2. The molecule has 0 amide bonds. The second-order valence-corrected chi connectivity index (χ2v) is 8.39. The van der Waals surface area contributed by atoms with Crippen LogP contribution in [0, 0.1) is 17.0 Å². The average molecular weight is 370 g/mol. The van der Waals surface area contributed by atoms with Crippen molar-refractivity contribution in [2.45, 2.75) is 37.1 Å². The maximum absolute atomic E-state index is 13.5. The van der Waals surface area contributed by atoms with Crippen LogP contribution in [0.1, 0.15) is 30.4 Å². The van der Waals surface area contributed by atoms with E-state index in [9.17, 15) is 18.5 Å². The van der Waals surface area contributed by atoms with Crippen molar-refractivity contribution in [1.82, 2.24) is 0 Å². The van der Waals surface area contributed by atoms with E-state index >= 15 is 0 Å². The van der Waals surface area contributed by atoms with Crippen molar-refractivity contribution in [3.63, 3.8) is 0 Å². The minimum atomic E-state index is -4.07. The van der Waals surface area contributed by atoms with E-state index in [1.165, 1.54) is 28.6 Å². The number of nitro benzene ring substituents is 1. The molecule has 26 heavy (non-hydrogen) atoms. The summed E-state index contributed by atoms with van der Waals surface area (Å²) in [4.78, 5) is 10.5. The second kappa shape index (κ2) is 5.95. The van der Waals surface area contributed by atoms with E-state index in [0.717, 1.165) is 29.5 Å². The molecule has 2 aliphatic rings. The topological polar surface area (TPSA) is 80.5 Å². The summed E-state index contributed by atoms with van der Waals surface area (Å²) in [6.07, 6.45) is 4.61. The fourth-order valence-corrected chi connectivity index (χ4v) is 5.86. The number of hydrogen-bond acceptors (Lipinski definition) is 4. The molecule has 0 saturated heterocycles. The third-order valence-electron chi connectivity index (χ3n) is 5.06. The molecule has 7 heteroatoms. The first-order valence-electron chi connectivity index (χ1n) is 8.51. The van der Waals surface area contributed by atoms with Crippen LogP contribution in [-0.2, 0) is 10.0 Å². The number of hydrogen-bond donors (Lipinski definition) is 0. The number of allylic oxidation sites excluding steroid dienone is 1. The number of anilines is 1. The molecular formula is C19H18N2O4S. The van der Waals surface area contributed by atoms with Crippen molar-refractivity contribution in [2.24, 2.45) is 0 Å². The number of sulfonamides is 1. The molecule has 1 aliphatic carbocycles. The van der Waals surface area contributed by atoms with Crippen molar-refractivity contribution in [1.29, 1.82) is 0 Å². The lowest BCUT2D eigenvalue weighted by molar-refractivity contribution is -0.387. The number of fused-ring (bicyclic) bond motifs is 3. The summed E-state index contributed by atoms with van der Waals surface area (Å²) in [6.45, 7) is 1.87. The second-order valence-electron chi connectivity index (χ2n) is 6.60. The molecule has 0 aromatic heterocycles. The van der Waals surface area contributed by atoms with Crippen LogP contribution in [0.2, 0.25) is 0 Å². The van der Waals surface area contributed by atoms with Crippen molar-refractivity contribution >= 4 is 27.0 Å². The molecule has 1 heterocycles. The molecule has 6 nitrogen and oxygen atoms in total. The van der Waals surface area contributed by atoms with Crippen LogP contribution in [0.25, 0.3) is 5.57 Å². The minimum absolute atomic E-state index is 0.258. The lowest BCUT2D eigenvalue weighted by Gasteiger charge is -2.29. The molecule has 0 fully saturated rings. The Morgan fingerprint density at radius 3 is 2.69 bits per heavy atom. The lowest BCUT2D eigenvalue weighted by Crippen LogP contribution is -2.38. The van der Waals surface area contributed by atoms with Gasteiger partial charge in [-0.2, -0.15) is 0 Å². The summed E-state index contributed by atoms with van der Waals surface area (Å²) in [7, 11) is -4.07. The zero-order valence-electron chi connectivity index (χ0n) is 14.3. The fourth-order valence-electron chi connectivity index (χ4n) is 3.95. The van der Waals surface area contributed by atoms with Crippen LogP contribution < -0.4 is 4.31 Å². The molecule has 1 atom stereocenters. The molecule has 0 radical (unpaired) electrons. The predicted molar refractivity (Wildman–Crippen MR) is 99.6 cm³/mol. The quantitative estimate of drug-likeness (QED) is 0.603. The number of benzene rings is 2. The SMILES string of the molecule is Cc1cccc2c1N(S(=O)(=O)c1ccccc1[N+](=O)[O-])C1CCCC=C21. The number of para-hydroxylation sites is 2. The van der Waals surface area contributed by atoms with Gasteiger partial charge in [0.15, 0.2) is 4.90 Å². The molecule has 1 unspecified atom stereocenters. The summed E-state index contributed by atoms with van der Waals surface area (Å²) in [5, 5.41) is 11.4. The van der Waals surface area contributed by atoms with E-state index in [4.69, 9.17) is 0 Å². The van der Waals surface area contributed by atoms with Crippen molar-refractivity contribution in [3.05, 3.63) is 69.8 Å². The van der Waals surface area contributed by atoms with Gasteiger partial charge in [-0.1, -0.05) is 36.4 Å². The normalized spacial score (nSPS) is 18.9. The third-order valence-corrected chi connectivity index (χ3v) is 6.91. The highest BCUT2D eigenvalue weighted by Gasteiger charge is 2.44. The predicted octanol–water partition coefficient (Wildman–Crippen LogP) is 4.05. The Bertz CT molecular complexity index is 1040. The first kappa shape index (κ1) is 16.8. The van der Waals surface area contributed by atoms with Gasteiger partial charge in [0.1, 0.15) is 0 Å². The van der Waals surface area contributed by atoms with Crippen LogP contribution >= 0.6 is 0 Å². The van der Waals surface area contributed by atoms with Gasteiger partial charge in [0.05, 0.1) is 16.7 Å².